The molecule has 8 heteroatoms. The average molecular weight is 460 g/mol. The summed E-state index contributed by atoms with van der Waals surface area (Å²) in [5.74, 6) is -2.11. The van der Waals surface area contributed by atoms with E-state index in [1.807, 2.05) is 36.4 Å². The molecule has 0 aromatic heterocycles. The van der Waals surface area contributed by atoms with Gasteiger partial charge in [0.25, 0.3) is 10.0 Å². The highest BCUT2D eigenvalue weighted by atomic mass is 32.2. The van der Waals surface area contributed by atoms with Crippen LogP contribution in [0.4, 0.5) is 10.1 Å². The zero-order chi connectivity index (χ0) is 23.2. The number of sulfonamides is 1. The number of hydrogen-bond acceptors (Lipinski definition) is 5. The molecule has 2 N–H and O–H groups in total. The van der Waals surface area contributed by atoms with Crippen molar-refractivity contribution in [1.29, 1.82) is 5.26 Å². The summed E-state index contributed by atoms with van der Waals surface area (Å²) in [7, 11) is -4.24. The first-order valence-electron chi connectivity index (χ1n) is 10.2. The van der Waals surface area contributed by atoms with E-state index in [9.17, 15) is 18.1 Å². The summed E-state index contributed by atoms with van der Waals surface area (Å²) in [6.07, 6.45) is 0. The Morgan fingerprint density at radius 2 is 1.67 bits per heavy atom. The maximum Gasteiger partial charge on any atom is 0.265 e. The highest BCUT2D eigenvalue weighted by Crippen LogP contribution is 2.51. The Balaban J connectivity index is 1.79. The molecule has 0 saturated heterocycles. The molecule has 0 bridgehead atoms. The second-order valence-corrected chi connectivity index (χ2v) is 9.48. The molecule has 5 rings (SSSR count). The second kappa shape index (κ2) is 7.80. The van der Waals surface area contributed by atoms with Gasteiger partial charge in [-0.05, 0) is 23.8 Å². The van der Waals surface area contributed by atoms with E-state index in [2.05, 4.69) is 0 Å². The summed E-state index contributed by atoms with van der Waals surface area (Å²) in [5.41, 5.74) is 7.62. The van der Waals surface area contributed by atoms with Gasteiger partial charge in [0.05, 0.1) is 18.2 Å². The zero-order valence-electron chi connectivity index (χ0n) is 17.3. The van der Waals surface area contributed by atoms with E-state index >= 15 is 0 Å². The number of nitrogens with zero attached hydrogens (tertiary/aromatic N) is 2. The van der Waals surface area contributed by atoms with Crippen molar-refractivity contribution in [3.63, 3.8) is 0 Å². The van der Waals surface area contributed by atoms with E-state index in [0.717, 1.165) is 5.56 Å². The van der Waals surface area contributed by atoms with Gasteiger partial charge < -0.3 is 10.5 Å². The molecule has 0 saturated carbocycles. The standard InChI is InChI=1S/C25H18FN3O3S/c26-20-12-6-4-10-17(20)22-19(14-27)25(28)32-23-18-11-5-7-13-21(18)29(33(30,31)24(22)23)15-16-8-2-1-3-9-16/h1-13,22H,15,28H2/t22-/m1/s1. The van der Waals surface area contributed by atoms with Crippen LogP contribution in [-0.2, 0) is 21.3 Å². The van der Waals surface area contributed by atoms with E-state index in [1.54, 1.807) is 30.3 Å². The fourth-order valence-electron chi connectivity index (χ4n) is 4.25. The largest absolute Gasteiger partial charge is 0.439 e. The van der Waals surface area contributed by atoms with Gasteiger partial charge in [0.15, 0.2) is 5.76 Å². The van der Waals surface area contributed by atoms with E-state index in [4.69, 9.17) is 10.5 Å². The molecular formula is C25H18FN3O3S. The number of nitrogens with two attached hydrogens (primary N) is 1. The van der Waals surface area contributed by atoms with Gasteiger partial charge in [0.2, 0.25) is 5.88 Å². The molecule has 6 nitrogen and oxygen atoms in total. The van der Waals surface area contributed by atoms with Gasteiger partial charge >= 0.3 is 0 Å². The minimum atomic E-state index is -4.24. The Morgan fingerprint density at radius 1 is 1.00 bits per heavy atom. The first-order valence-corrected chi connectivity index (χ1v) is 11.6. The molecule has 2 aliphatic rings. The molecule has 3 aromatic rings. The molecule has 0 amide bonds. The van der Waals surface area contributed by atoms with Crippen LogP contribution >= 0.6 is 0 Å². The molecular weight excluding hydrogens is 441 g/mol. The maximum atomic E-state index is 14.9. The van der Waals surface area contributed by atoms with Gasteiger partial charge in [-0.3, -0.25) is 4.31 Å². The number of hydrogen-bond donors (Lipinski definition) is 1. The minimum absolute atomic E-state index is 0.0136. The molecule has 0 aliphatic carbocycles. The maximum absolute atomic E-state index is 14.9. The minimum Gasteiger partial charge on any atom is -0.439 e. The number of allylic oxidation sites excluding steroid dienone is 2. The van der Waals surface area contributed by atoms with E-state index < -0.39 is 21.8 Å². The molecule has 164 valence electrons. The van der Waals surface area contributed by atoms with Gasteiger partial charge in [0, 0.05) is 11.1 Å². The Morgan fingerprint density at radius 3 is 2.39 bits per heavy atom. The number of nitriles is 1. The van der Waals surface area contributed by atoms with Crippen LogP contribution in [0.15, 0.2) is 95.2 Å². The van der Waals surface area contributed by atoms with Gasteiger partial charge in [-0.15, -0.1) is 0 Å². The fraction of sp³-hybridized carbons (Fsp3) is 0.0800. The third kappa shape index (κ3) is 3.25. The predicted molar refractivity (Wildman–Crippen MR) is 122 cm³/mol. The van der Waals surface area contributed by atoms with Gasteiger partial charge in [-0.2, -0.15) is 5.26 Å². The van der Waals surface area contributed by atoms with Crippen molar-refractivity contribution >= 4 is 21.5 Å². The predicted octanol–water partition coefficient (Wildman–Crippen LogP) is 4.35. The first-order chi connectivity index (χ1) is 15.9. The lowest BCUT2D eigenvalue weighted by atomic mass is 9.88. The molecule has 3 aromatic carbocycles. The van der Waals surface area contributed by atoms with Gasteiger partial charge in [-0.1, -0.05) is 60.7 Å². The summed E-state index contributed by atoms with van der Waals surface area (Å²) >= 11 is 0. The van der Waals surface area contributed by atoms with Crippen molar-refractivity contribution < 1.29 is 17.5 Å². The first kappa shape index (κ1) is 20.8. The lowest BCUT2D eigenvalue weighted by Crippen LogP contribution is -2.39. The van der Waals surface area contributed by atoms with Crippen molar-refractivity contribution in [2.24, 2.45) is 5.73 Å². The van der Waals surface area contributed by atoms with Crippen molar-refractivity contribution in [2.75, 3.05) is 4.31 Å². The van der Waals surface area contributed by atoms with Crippen LogP contribution in [-0.4, -0.2) is 8.42 Å². The third-order valence-corrected chi connectivity index (χ3v) is 7.63. The number of para-hydroxylation sites is 1. The number of halogens is 1. The Kier molecular flexibility index (Phi) is 4.91. The quantitative estimate of drug-likeness (QED) is 0.628. The monoisotopic (exact) mass is 459 g/mol. The van der Waals surface area contributed by atoms with E-state index in [0.29, 0.717) is 11.3 Å². The lowest BCUT2D eigenvalue weighted by molar-refractivity contribution is 0.357. The van der Waals surface area contributed by atoms with Crippen LogP contribution in [0.25, 0.3) is 5.76 Å². The number of rotatable bonds is 3. The van der Waals surface area contributed by atoms with Crippen LogP contribution in [0.3, 0.4) is 0 Å². The van der Waals surface area contributed by atoms with Crippen molar-refractivity contribution in [3.05, 3.63) is 118 Å². The SMILES string of the molecule is N#CC1=C(N)OC2=C([C@@H]1c1ccccc1F)S(=O)(=O)N(Cc1ccccc1)c1ccccc12. The summed E-state index contributed by atoms with van der Waals surface area (Å²) in [6, 6.07) is 23.7. The summed E-state index contributed by atoms with van der Waals surface area (Å²) in [5, 5.41) is 9.82. The Bertz CT molecular complexity index is 1470. The van der Waals surface area contributed by atoms with Crippen molar-refractivity contribution in [1.82, 2.24) is 0 Å². The van der Waals surface area contributed by atoms with Crippen LogP contribution in [0, 0.1) is 17.1 Å². The lowest BCUT2D eigenvalue weighted by Gasteiger charge is -2.38. The zero-order valence-corrected chi connectivity index (χ0v) is 18.1. The van der Waals surface area contributed by atoms with Crippen LogP contribution in [0.1, 0.15) is 22.6 Å². The van der Waals surface area contributed by atoms with Gasteiger partial charge in [0.1, 0.15) is 22.4 Å². The van der Waals surface area contributed by atoms with Crippen LogP contribution in [0.2, 0.25) is 0 Å². The summed E-state index contributed by atoms with van der Waals surface area (Å²) in [4.78, 5) is -0.201. The van der Waals surface area contributed by atoms with Crippen molar-refractivity contribution in [3.8, 4) is 6.07 Å². The fourth-order valence-corrected chi connectivity index (χ4v) is 6.15. The number of anilines is 1. The molecule has 1 atom stereocenters. The van der Waals surface area contributed by atoms with E-state index in [1.165, 1.54) is 22.5 Å². The summed E-state index contributed by atoms with van der Waals surface area (Å²) < 4.78 is 50.1. The third-order valence-electron chi connectivity index (χ3n) is 5.74. The molecule has 2 heterocycles. The highest BCUT2D eigenvalue weighted by molar-refractivity contribution is 7.96. The highest BCUT2D eigenvalue weighted by Gasteiger charge is 2.47. The molecule has 0 radical (unpaired) electrons. The molecule has 33 heavy (non-hydrogen) atoms. The van der Waals surface area contributed by atoms with Gasteiger partial charge in [-0.25, -0.2) is 12.8 Å². The Labute approximate surface area is 190 Å². The average Bonchev–Trinajstić information content (AvgIpc) is 2.82. The second-order valence-electron chi connectivity index (χ2n) is 7.65. The number of ether oxygens (including phenoxy) is 1. The number of benzene rings is 3. The smallest absolute Gasteiger partial charge is 0.265 e. The molecule has 0 unspecified atom stereocenters. The number of fused-ring (bicyclic) bond motifs is 2. The molecule has 0 spiro atoms. The van der Waals surface area contributed by atoms with E-state index in [-0.39, 0.29) is 34.2 Å². The van der Waals surface area contributed by atoms with Crippen LogP contribution < -0.4 is 10.0 Å². The van der Waals surface area contributed by atoms with Crippen molar-refractivity contribution in [2.45, 2.75) is 12.5 Å². The topological polar surface area (TPSA) is 96.4 Å². The van der Waals surface area contributed by atoms with Crippen LogP contribution in [0.5, 0.6) is 0 Å². The summed E-state index contributed by atoms with van der Waals surface area (Å²) in [6.45, 7) is 0.0576. The molecule has 0 fully saturated rings. The Hall–Kier alpha value is -4.09. The molecule has 2 aliphatic heterocycles. The normalized spacial score (nSPS) is 18.8.